The van der Waals surface area contributed by atoms with Crippen LogP contribution in [0.2, 0.25) is 18.1 Å². The van der Waals surface area contributed by atoms with Crippen LogP contribution >= 0.6 is 0 Å². The summed E-state index contributed by atoms with van der Waals surface area (Å²) >= 11 is 0. The summed E-state index contributed by atoms with van der Waals surface area (Å²) in [4.78, 5) is 12.3. The second-order valence-corrected chi connectivity index (χ2v) is 13.2. The zero-order chi connectivity index (χ0) is 15.8. The third-order valence-corrected chi connectivity index (χ3v) is 10.2. The minimum Gasteiger partial charge on any atom is -0.546 e. The van der Waals surface area contributed by atoms with Crippen molar-refractivity contribution in [3.63, 3.8) is 0 Å². The summed E-state index contributed by atoms with van der Waals surface area (Å²) in [5.41, 5.74) is 1.39. The molecule has 0 saturated heterocycles. The monoisotopic (exact) mass is 308 g/mol. The van der Waals surface area contributed by atoms with Gasteiger partial charge in [0.05, 0.1) is 5.76 Å². The fraction of sp³-hybridized carbons (Fsp3) is 0.833. The Hall–Kier alpha value is -0.573. The van der Waals surface area contributed by atoms with E-state index in [1.165, 1.54) is 17.8 Å². The molecular formula is C18H32O2Si. The van der Waals surface area contributed by atoms with Crippen LogP contribution in [0.4, 0.5) is 0 Å². The highest BCUT2D eigenvalue weighted by Crippen LogP contribution is 2.46. The van der Waals surface area contributed by atoms with Crippen molar-refractivity contribution in [2.24, 2.45) is 11.8 Å². The van der Waals surface area contributed by atoms with Crippen molar-refractivity contribution < 1.29 is 9.22 Å². The SMILES string of the molecule is CC1=C(O[Si](C)(C)C(C)(C)C)C(C2CCCCC2=O)CC1. The topological polar surface area (TPSA) is 26.3 Å². The number of hydrogen-bond donors (Lipinski definition) is 0. The van der Waals surface area contributed by atoms with E-state index < -0.39 is 8.32 Å². The predicted octanol–water partition coefficient (Wildman–Crippen LogP) is 5.45. The number of carbonyl (C=O) groups is 1. The molecule has 2 rings (SSSR count). The summed E-state index contributed by atoms with van der Waals surface area (Å²) in [5.74, 6) is 2.28. The van der Waals surface area contributed by atoms with Gasteiger partial charge in [0.15, 0.2) is 0 Å². The Morgan fingerprint density at radius 3 is 2.29 bits per heavy atom. The van der Waals surface area contributed by atoms with E-state index in [9.17, 15) is 4.79 Å². The lowest BCUT2D eigenvalue weighted by Gasteiger charge is -2.39. The van der Waals surface area contributed by atoms with Crippen LogP contribution in [0.1, 0.15) is 66.2 Å². The minimum atomic E-state index is -1.81. The van der Waals surface area contributed by atoms with E-state index in [0.29, 0.717) is 11.7 Å². The Labute approximate surface area is 131 Å². The largest absolute Gasteiger partial charge is 0.546 e. The molecule has 0 aromatic rings. The molecule has 0 bridgehead atoms. The van der Waals surface area contributed by atoms with Crippen LogP contribution in [0.15, 0.2) is 11.3 Å². The summed E-state index contributed by atoms with van der Waals surface area (Å²) in [6.45, 7) is 13.7. The first-order chi connectivity index (χ1) is 9.63. The quantitative estimate of drug-likeness (QED) is 0.648. The summed E-state index contributed by atoms with van der Waals surface area (Å²) < 4.78 is 6.66. The molecule has 0 aliphatic heterocycles. The van der Waals surface area contributed by atoms with Crippen LogP contribution < -0.4 is 0 Å². The summed E-state index contributed by atoms with van der Waals surface area (Å²) in [6, 6.07) is 0. The number of carbonyl (C=O) groups excluding carboxylic acids is 1. The molecule has 0 aromatic carbocycles. The molecule has 0 radical (unpaired) electrons. The maximum absolute atomic E-state index is 12.3. The van der Waals surface area contributed by atoms with Crippen molar-refractivity contribution in [3.8, 4) is 0 Å². The van der Waals surface area contributed by atoms with Gasteiger partial charge in [-0.15, -0.1) is 0 Å². The Kier molecular flexibility index (Phi) is 4.72. The predicted molar refractivity (Wildman–Crippen MR) is 90.7 cm³/mol. The van der Waals surface area contributed by atoms with Crippen molar-refractivity contribution in [3.05, 3.63) is 11.3 Å². The molecule has 0 spiro atoms. The van der Waals surface area contributed by atoms with Crippen LogP contribution in [-0.4, -0.2) is 14.1 Å². The highest BCUT2D eigenvalue weighted by molar-refractivity contribution is 6.74. The molecule has 2 nitrogen and oxygen atoms in total. The molecule has 0 aromatic heterocycles. The minimum absolute atomic E-state index is 0.212. The molecule has 21 heavy (non-hydrogen) atoms. The van der Waals surface area contributed by atoms with Crippen molar-refractivity contribution in [1.29, 1.82) is 0 Å². The summed E-state index contributed by atoms with van der Waals surface area (Å²) in [7, 11) is -1.81. The molecule has 1 fully saturated rings. The molecule has 2 atom stereocenters. The zero-order valence-corrected chi connectivity index (χ0v) is 15.7. The lowest BCUT2D eigenvalue weighted by atomic mass is 9.78. The second-order valence-electron chi connectivity index (χ2n) is 8.47. The average molecular weight is 309 g/mol. The van der Waals surface area contributed by atoms with Crippen LogP contribution in [-0.2, 0) is 9.22 Å². The molecule has 2 aliphatic carbocycles. The van der Waals surface area contributed by atoms with Gasteiger partial charge in [-0.25, -0.2) is 0 Å². The van der Waals surface area contributed by atoms with Crippen molar-refractivity contribution in [1.82, 2.24) is 0 Å². The van der Waals surface area contributed by atoms with E-state index in [1.54, 1.807) is 0 Å². The maximum atomic E-state index is 12.3. The lowest BCUT2D eigenvalue weighted by molar-refractivity contribution is -0.126. The van der Waals surface area contributed by atoms with Gasteiger partial charge < -0.3 is 4.43 Å². The molecule has 2 unspecified atom stereocenters. The fourth-order valence-electron chi connectivity index (χ4n) is 3.35. The first kappa shape index (κ1) is 16.8. The van der Waals surface area contributed by atoms with Crippen molar-refractivity contribution >= 4 is 14.1 Å². The lowest BCUT2D eigenvalue weighted by Crippen LogP contribution is -2.42. The molecular weight excluding hydrogens is 276 g/mol. The summed E-state index contributed by atoms with van der Waals surface area (Å²) in [6.07, 6.45) is 6.38. The normalized spacial score (nSPS) is 28.2. The number of hydrogen-bond acceptors (Lipinski definition) is 2. The number of ketones is 1. The smallest absolute Gasteiger partial charge is 0.250 e. The van der Waals surface area contributed by atoms with E-state index in [0.717, 1.165) is 32.1 Å². The number of rotatable bonds is 3. The zero-order valence-electron chi connectivity index (χ0n) is 14.7. The van der Waals surface area contributed by atoms with Gasteiger partial charge >= 0.3 is 0 Å². The Morgan fingerprint density at radius 2 is 1.71 bits per heavy atom. The Morgan fingerprint density at radius 1 is 1.05 bits per heavy atom. The van der Waals surface area contributed by atoms with Crippen LogP contribution in [0.5, 0.6) is 0 Å². The molecule has 120 valence electrons. The van der Waals surface area contributed by atoms with E-state index >= 15 is 0 Å². The van der Waals surface area contributed by atoms with Gasteiger partial charge in [0.2, 0.25) is 8.32 Å². The van der Waals surface area contributed by atoms with E-state index in [-0.39, 0.29) is 11.0 Å². The molecule has 0 heterocycles. The first-order valence-corrected chi connectivity index (χ1v) is 11.5. The Balaban J connectivity index is 2.20. The third-order valence-electron chi connectivity index (χ3n) is 5.85. The molecule has 1 saturated carbocycles. The van der Waals surface area contributed by atoms with E-state index in [4.69, 9.17) is 4.43 Å². The van der Waals surface area contributed by atoms with Gasteiger partial charge in [0.1, 0.15) is 5.78 Å². The number of Topliss-reactive ketones (excluding diaryl/α,β-unsaturated/α-hetero) is 1. The highest BCUT2D eigenvalue weighted by atomic mass is 28.4. The van der Waals surface area contributed by atoms with Crippen molar-refractivity contribution in [2.45, 2.75) is 84.4 Å². The molecule has 0 N–H and O–H groups in total. The second kappa shape index (κ2) is 5.90. The van der Waals surface area contributed by atoms with Gasteiger partial charge in [0, 0.05) is 18.3 Å². The van der Waals surface area contributed by atoms with Gasteiger partial charge in [-0.3, -0.25) is 4.79 Å². The van der Waals surface area contributed by atoms with E-state index in [1.807, 2.05) is 0 Å². The van der Waals surface area contributed by atoms with E-state index in [2.05, 4.69) is 40.8 Å². The van der Waals surface area contributed by atoms with Gasteiger partial charge in [-0.2, -0.15) is 0 Å². The van der Waals surface area contributed by atoms with Crippen LogP contribution in [0.25, 0.3) is 0 Å². The molecule has 0 amide bonds. The maximum Gasteiger partial charge on any atom is 0.250 e. The van der Waals surface area contributed by atoms with Gasteiger partial charge in [0.25, 0.3) is 0 Å². The first-order valence-electron chi connectivity index (χ1n) is 8.55. The van der Waals surface area contributed by atoms with Gasteiger partial charge in [-0.05, 0) is 56.3 Å². The standard InChI is InChI=1S/C18H32O2Si/c1-13-11-12-15(14-9-7-8-10-16(14)19)17(13)20-21(5,6)18(2,3)4/h14-15H,7-12H2,1-6H3. The molecule has 2 aliphatic rings. The molecule has 3 heteroatoms. The Bertz CT molecular complexity index is 443. The van der Waals surface area contributed by atoms with Crippen LogP contribution in [0.3, 0.4) is 0 Å². The van der Waals surface area contributed by atoms with Crippen LogP contribution in [0, 0.1) is 11.8 Å². The summed E-state index contributed by atoms with van der Waals surface area (Å²) in [5, 5.41) is 0.212. The van der Waals surface area contributed by atoms with Crippen molar-refractivity contribution in [2.75, 3.05) is 0 Å². The van der Waals surface area contributed by atoms with Gasteiger partial charge in [-0.1, -0.05) is 27.2 Å². The highest BCUT2D eigenvalue weighted by Gasteiger charge is 2.44. The average Bonchev–Trinajstić information content (AvgIpc) is 2.70. The number of allylic oxidation sites excluding steroid dienone is 2. The third kappa shape index (κ3) is 3.44. The fourth-order valence-corrected chi connectivity index (χ4v) is 4.53.